The third kappa shape index (κ3) is 4.63. The van der Waals surface area contributed by atoms with Gasteiger partial charge in [0.05, 0.1) is 0 Å². The Kier molecular flexibility index (Phi) is 5.98. The van der Waals surface area contributed by atoms with Crippen LogP contribution >= 0.6 is 0 Å². The van der Waals surface area contributed by atoms with E-state index in [1.165, 1.54) is 0 Å². The number of anilines is 2. The quantitative estimate of drug-likeness (QED) is 0.635. The number of para-hydroxylation sites is 1. The van der Waals surface area contributed by atoms with Gasteiger partial charge in [0.25, 0.3) is 5.91 Å². The molecule has 0 aliphatic carbocycles. The number of rotatable bonds is 6. The van der Waals surface area contributed by atoms with Crippen molar-refractivity contribution in [2.45, 2.75) is 12.8 Å². The third-order valence-electron chi connectivity index (χ3n) is 4.91. The fraction of sp³-hybridized carbons (Fsp3) is 0.217. The van der Waals surface area contributed by atoms with Crippen LogP contribution in [-0.4, -0.2) is 41.8 Å². The largest absolute Gasteiger partial charge is 0.451 e. The molecule has 0 radical (unpaired) electrons. The highest BCUT2D eigenvalue weighted by Gasteiger charge is 2.17. The minimum atomic E-state index is -0.679. The van der Waals surface area contributed by atoms with Crippen molar-refractivity contribution in [1.82, 2.24) is 10.2 Å². The molecule has 0 saturated carbocycles. The van der Waals surface area contributed by atoms with E-state index in [0.29, 0.717) is 5.69 Å². The minimum absolute atomic E-state index is 0.0791. The van der Waals surface area contributed by atoms with E-state index in [4.69, 9.17) is 4.74 Å². The first-order valence-electron chi connectivity index (χ1n) is 9.91. The molecule has 1 amide bonds. The second-order valence-corrected chi connectivity index (χ2v) is 7.01. The Hall–Kier alpha value is -3.74. The highest BCUT2D eigenvalue weighted by atomic mass is 16.5. The van der Waals surface area contributed by atoms with Crippen molar-refractivity contribution in [1.29, 1.82) is 0 Å². The molecule has 1 fully saturated rings. The zero-order valence-corrected chi connectivity index (χ0v) is 16.5. The Bertz CT molecular complexity index is 1020. The molecule has 152 valence electrons. The maximum atomic E-state index is 12.3. The van der Waals surface area contributed by atoms with Gasteiger partial charge in [0.15, 0.2) is 18.1 Å². The van der Waals surface area contributed by atoms with E-state index in [2.05, 4.69) is 20.4 Å². The van der Waals surface area contributed by atoms with Crippen molar-refractivity contribution in [3.05, 3.63) is 72.4 Å². The second-order valence-electron chi connectivity index (χ2n) is 7.01. The molecular formula is C23H22N4O3. The van der Waals surface area contributed by atoms with Gasteiger partial charge < -0.3 is 15.0 Å². The van der Waals surface area contributed by atoms with Crippen molar-refractivity contribution in [3.8, 4) is 11.1 Å². The van der Waals surface area contributed by atoms with Gasteiger partial charge in [-0.05, 0) is 36.6 Å². The Labute approximate surface area is 174 Å². The molecule has 0 atom stereocenters. The molecule has 2 aromatic carbocycles. The van der Waals surface area contributed by atoms with Crippen LogP contribution in [0.1, 0.15) is 23.3 Å². The molecule has 7 heteroatoms. The molecule has 4 rings (SSSR count). The van der Waals surface area contributed by atoms with Crippen molar-refractivity contribution in [2.24, 2.45) is 0 Å². The number of hydrogen-bond donors (Lipinski definition) is 1. The van der Waals surface area contributed by atoms with Gasteiger partial charge in [0.1, 0.15) is 0 Å². The van der Waals surface area contributed by atoms with Gasteiger partial charge in [-0.15, -0.1) is 10.2 Å². The van der Waals surface area contributed by atoms with Gasteiger partial charge in [-0.3, -0.25) is 4.79 Å². The van der Waals surface area contributed by atoms with Crippen molar-refractivity contribution < 1.29 is 14.3 Å². The SMILES string of the molecule is O=C(COC(=O)c1ccc(N2CCCC2)nn1)Nc1ccccc1-c1ccccc1. The monoisotopic (exact) mass is 402 g/mol. The van der Waals surface area contributed by atoms with Crippen LogP contribution in [0.15, 0.2) is 66.7 Å². The maximum Gasteiger partial charge on any atom is 0.359 e. The van der Waals surface area contributed by atoms with Crippen LogP contribution in [0, 0.1) is 0 Å². The summed E-state index contributed by atoms with van der Waals surface area (Å²) in [5, 5.41) is 10.8. The maximum absolute atomic E-state index is 12.3. The van der Waals surface area contributed by atoms with Crippen LogP contribution in [0.3, 0.4) is 0 Å². The van der Waals surface area contributed by atoms with E-state index in [9.17, 15) is 9.59 Å². The van der Waals surface area contributed by atoms with Crippen molar-refractivity contribution in [3.63, 3.8) is 0 Å². The first kappa shape index (κ1) is 19.6. The number of carbonyl (C=O) groups excluding carboxylic acids is 2. The van der Waals surface area contributed by atoms with Crippen LogP contribution in [0.5, 0.6) is 0 Å². The van der Waals surface area contributed by atoms with Gasteiger partial charge in [-0.1, -0.05) is 48.5 Å². The summed E-state index contributed by atoms with van der Waals surface area (Å²) in [6.45, 7) is 1.49. The standard InChI is InChI=1S/C23H22N4O3/c28-22(24-19-11-5-4-10-18(19)17-8-2-1-3-9-17)16-30-23(29)20-12-13-21(26-25-20)27-14-6-7-15-27/h1-5,8-13H,6-7,14-16H2,(H,24,28). The normalized spacial score (nSPS) is 13.1. The summed E-state index contributed by atoms with van der Waals surface area (Å²) >= 11 is 0. The topological polar surface area (TPSA) is 84.4 Å². The molecule has 1 N–H and O–H groups in total. The summed E-state index contributed by atoms with van der Waals surface area (Å²) in [6, 6.07) is 20.6. The number of nitrogens with zero attached hydrogens (tertiary/aromatic N) is 3. The number of benzene rings is 2. The zero-order chi connectivity index (χ0) is 20.8. The van der Waals surface area contributed by atoms with Gasteiger partial charge in [0.2, 0.25) is 0 Å². The van der Waals surface area contributed by atoms with Crippen LogP contribution in [-0.2, 0) is 9.53 Å². The smallest absolute Gasteiger partial charge is 0.359 e. The molecule has 1 aliphatic rings. The summed E-state index contributed by atoms with van der Waals surface area (Å²) in [7, 11) is 0. The van der Waals surface area contributed by atoms with Gasteiger partial charge in [-0.25, -0.2) is 4.79 Å². The molecule has 1 saturated heterocycles. The van der Waals surface area contributed by atoms with E-state index in [0.717, 1.165) is 42.9 Å². The highest BCUT2D eigenvalue weighted by molar-refractivity contribution is 5.97. The lowest BCUT2D eigenvalue weighted by Gasteiger charge is -2.15. The van der Waals surface area contributed by atoms with Crippen LogP contribution in [0.4, 0.5) is 11.5 Å². The first-order valence-corrected chi connectivity index (χ1v) is 9.91. The van der Waals surface area contributed by atoms with Gasteiger partial charge >= 0.3 is 5.97 Å². The number of amides is 1. The zero-order valence-electron chi connectivity index (χ0n) is 16.5. The fourth-order valence-electron chi connectivity index (χ4n) is 3.40. The summed E-state index contributed by atoms with van der Waals surface area (Å²) in [5.41, 5.74) is 2.61. The van der Waals surface area contributed by atoms with E-state index in [1.807, 2.05) is 54.6 Å². The second kappa shape index (κ2) is 9.17. The number of ether oxygens (including phenoxy) is 1. The summed E-state index contributed by atoms with van der Waals surface area (Å²) in [5.74, 6) is -0.352. The van der Waals surface area contributed by atoms with Crippen LogP contribution in [0.25, 0.3) is 11.1 Å². The lowest BCUT2D eigenvalue weighted by atomic mass is 10.0. The van der Waals surface area contributed by atoms with Gasteiger partial charge in [0, 0.05) is 24.3 Å². The van der Waals surface area contributed by atoms with Crippen molar-refractivity contribution >= 4 is 23.4 Å². The fourth-order valence-corrected chi connectivity index (χ4v) is 3.40. The molecule has 1 aromatic heterocycles. The predicted octanol–water partition coefficient (Wildman–Crippen LogP) is 3.54. The first-order chi connectivity index (χ1) is 14.7. The number of esters is 1. The lowest BCUT2D eigenvalue weighted by molar-refractivity contribution is -0.119. The number of carbonyl (C=O) groups is 2. The van der Waals surface area contributed by atoms with Gasteiger partial charge in [-0.2, -0.15) is 0 Å². The van der Waals surface area contributed by atoms with E-state index in [1.54, 1.807) is 12.1 Å². The molecule has 3 aromatic rings. The Balaban J connectivity index is 1.35. The molecule has 2 heterocycles. The van der Waals surface area contributed by atoms with Crippen LogP contribution < -0.4 is 10.2 Å². The highest BCUT2D eigenvalue weighted by Crippen LogP contribution is 2.27. The molecular weight excluding hydrogens is 380 g/mol. The van der Waals surface area contributed by atoms with E-state index >= 15 is 0 Å². The van der Waals surface area contributed by atoms with Crippen LogP contribution in [0.2, 0.25) is 0 Å². The molecule has 0 spiro atoms. The molecule has 1 aliphatic heterocycles. The molecule has 7 nitrogen and oxygen atoms in total. The molecule has 0 unspecified atom stereocenters. The van der Waals surface area contributed by atoms with E-state index in [-0.39, 0.29) is 5.69 Å². The molecule has 0 bridgehead atoms. The summed E-state index contributed by atoms with van der Waals surface area (Å²) < 4.78 is 5.11. The summed E-state index contributed by atoms with van der Waals surface area (Å²) in [4.78, 5) is 26.7. The lowest BCUT2D eigenvalue weighted by Crippen LogP contribution is -2.22. The van der Waals surface area contributed by atoms with E-state index < -0.39 is 18.5 Å². The number of aromatic nitrogens is 2. The Morgan fingerprint density at radius 2 is 1.63 bits per heavy atom. The molecule has 30 heavy (non-hydrogen) atoms. The third-order valence-corrected chi connectivity index (χ3v) is 4.91. The Morgan fingerprint density at radius 1 is 0.900 bits per heavy atom. The number of nitrogens with one attached hydrogen (secondary N) is 1. The Morgan fingerprint density at radius 3 is 2.37 bits per heavy atom. The predicted molar refractivity (Wildman–Crippen MR) is 114 cm³/mol. The van der Waals surface area contributed by atoms with Crippen molar-refractivity contribution in [2.75, 3.05) is 29.9 Å². The number of hydrogen-bond acceptors (Lipinski definition) is 6. The minimum Gasteiger partial charge on any atom is -0.451 e. The average molecular weight is 402 g/mol. The average Bonchev–Trinajstić information content (AvgIpc) is 3.34. The summed E-state index contributed by atoms with van der Waals surface area (Å²) in [6.07, 6.45) is 2.27.